The number of hydrogen-bond donors (Lipinski definition) is 4. The summed E-state index contributed by atoms with van der Waals surface area (Å²) in [5.74, 6) is 0. The van der Waals surface area contributed by atoms with Gasteiger partial charge in [-0.15, -0.1) is 0 Å². The van der Waals surface area contributed by atoms with Gasteiger partial charge in [-0.1, -0.05) is 0 Å². The fourth-order valence-electron chi connectivity index (χ4n) is 0.505. The normalized spacial score (nSPS) is 10.4. The Hall–Kier alpha value is 0.630. The van der Waals surface area contributed by atoms with Crippen LogP contribution in [-0.4, -0.2) is 61.7 Å². The second-order valence-electron chi connectivity index (χ2n) is 2.10. The molecule has 0 saturated heterocycles. The van der Waals surface area contributed by atoms with Gasteiger partial charge in [0, 0.05) is 0 Å². The molecule has 0 fully saturated rings. The third-order valence-corrected chi connectivity index (χ3v) is 3.09. The van der Waals surface area contributed by atoms with Gasteiger partial charge >= 0.3 is 79.5 Å². The molecule has 0 aromatic carbocycles. The Balaban J connectivity index is 2.69. The molecule has 11 heavy (non-hydrogen) atoms. The fraction of sp³-hybridized carbons (Fsp3) is 1.00. The van der Waals surface area contributed by atoms with Gasteiger partial charge in [0.05, 0.1) is 0 Å². The summed E-state index contributed by atoms with van der Waals surface area (Å²) < 4.78 is 6.75. The molecule has 0 aliphatic heterocycles. The van der Waals surface area contributed by atoms with E-state index in [-0.39, 0.29) is 21.5 Å². The minimum absolute atomic E-state index is 0.139. The van der Waals surface area contributed by atoms with Gasteiger partial charge in [-0.3, -0.25) is 0 Å². The number of hydrogen-bond acceptors (Lipinski definition) is 4. The Kier molecular flexibility index (Phi) is 11.2. The predicted molar refractivity (Wildman–Crippen MR) is 49.6 cm³/mol. The van der Waals surface area contributed by atoms with Crippen molar-refractivity contribution in [2.45, 2.75) is 0 Å². The van der Waals surface area contributed by atoms with Crippen molar-refractivity contribution in [1.82, 2.24) is 17.8 Å². The van der Waals surface area contributed by atoms with Gasteiger partial charge in [0.25, 0.3) is 0 Å². The van der Waals surface area contributed by atoms with Crippen molar-refractivity contribution in [1.29, 1.82) is 0 Å². The van der Waals surface area contributed by atoms with Crippen molar-refractivity contribution in [3.8, 4) is 0 Å². The van der Waals surface area contributed by atoms with Crippen LogP contribution in [0.5, 0.6) is 0 Å². The molecule has 0 aromatic heterocycles. The molecule has 0 amide bonds. The Morgan fingerprint density at radius 2 is 1.27 bits per heavy atom. The van der Waals surface area contributed by atoms with Crippen LogP contribution in [0, 0.1) is 0 Å². The van der Waals surface area contributed by atoms with Gasteiger partial charge in [0.15, 0.2) is 0 Å². The van der Waals surface area contributed by atoms with Crippen LogP contribution in [0.25, 0.3) is 0 Å². The van der Waals surface area contributed by atoms with E-state index in [9.17, 15) is 0 Å². The van der Waals surface area contributed by atoms with Crippen LogP contribution in [0.3, 0.4) is 0 Å². The Morgan fingerprint density at radius 3 is 1.64 bits per heavy atom. The summed E-state index contributed by atoms with van der Waals surface area (Å²) in [5, 5.41) is 6.18. The Bertz CT molecular complexity index is 63.6. The van der Waals surface area contributed by atoms with Crippen LogP contribution in [0.1, 0.15) is 0 Å². The molecule has 0 bridgehead atoms. The van der Waals surface area contributed by atoms with Gasteiger partial charge in [0.2, 0.25) is 0 Å². The summed E-state index contributed by atoms with van der Waals surface area (Å²) in [4.78, 5) is 0. The zero-order valence-electron chi connectivity index (χ0n) is 7.24. The van der Waals surface area contributed by atoms with E-state index in [2.05, 4.69) is 17.8 Å². The van der Waals surface area contributed by atoms with E-state index in [1.165, 1.54) is 0 Å². The SMILES string of the molecule is CNCCN[Te]NCCNC. The third-order valence-electron chi connectivity index (χ3n) is 1.10. The molecule has 0 unspecified atom stereocenters. The van der Waals surface area contributed by atoms with Crippen LogP contribution < -0.4 is 17.8 Å². The van der Waals surface area contributed by atoms with Crippen LogP contribution >= 0.6 is 0 Å². The first-order chi connectivity index (χ1) is 5.41. The molecule has 0 spiro atoms. The number of rotatable bonds is 8. The molecule has 5 heteroatoms. The van der Waals surface area contributed by atoms with E-state index in [4.69, 9.17) is 0 Å². The third kappa shape index (κ3) is 10.6. The fourth-order valence-corrected chi connectivity index (χ4v) is 1.96. The van der Waals surface area contributed by atoms with E-state index in [0.717, 1.165) is 26.2 Å². The molecule has 4 N–H and O–H groups in total. The summed E-state index contributed by atoms with van der Waals surface area (Å²) in [6, 6.07) is 0. The van der Waals surface area contributed by atoms with Crippen LogP contribution in [0.4, 0.5) is 0 Å². The second kappa shape index (κ2) is 10.6. The van der Waals surface area contributed by atoms with Gasteiger partial charge in [-0.05, 0) is 0 Å². The van der Waals surface area contributed by atoms with Gasteiger partial charge < -0.3 is 0 Å². The number of likely N-dealkylation sites (N-methyl/N-ethyl adjacent to an activating group) is 2. The van der Waals surface area contributed by atoms with Crippen molar-refractivity contribution in [2.75, 3.05) is 40.3 Å². The minimum atomic E-state index is -0.139. The Labute approximate surface area is 79.7 Å². The van der Waals surface area contributed by atoms with E-state index in [1.807, 2.05) is 14.1 Å². The predicted octanol–water partition coefficient (Wildman–Crippen LogP) is -1.86. The molecule has 0 saturated carbocycles. The van der Waals surface area contributed by atoms with Crippen LogP contribution in [0.15, 0.2) is 0 Å². The van der Waals surface area contributed by atoms with Crippen molar-refractivity contribution >= 4 is 21.5 Å². The molecular formula is C6H18N4Te. The zero-order valence-corrected chi connectivity index (χ0v) is 9.57. The summed E-state index contributed by atoms with van der Waals surface area (Å²) in [6.45, 7) is 4.26. The average Bonchev–Trinajstić information content (AvgIpc) is 2.03. The van der Waals surface area contributed by atoms with Crippen molar-refractivity contribution in [2.24, 2.45) is 0 Å². The molecule has 4 nitrogen and oxygen atoms in total. The first-order valence-electron chi connectivity index (χ1n) is 3.82. The Morgan fingerprint density at radius 1 is 0.818 bits per heavy atom. The summed E-state index contributed by atoms with van der Waals surface area (Å²) in [5.41, 5.74) is 0. The van der Waals surface area contributed by atoms with Crippen LogP contribution in [0.2, 0.25) is 0 Å². The molecule has 0 aromatic rings. The van der Waals surface area contributed by atoms with E-state index >= 15 is 0 Å². The molecule has 0 aliphatic carbocycles. The summed E-state index contributed by atoms with van der Waals surface area (Å²) >= 11 is -0.139. The monoisotopic (exact) mass is 276 g/mol. The first kappa shape index (κ1) is 11.6. The molecule has 0 heterocycles. The first-order valence-corrected chi connectivity index (χ1v) is 6.15. The molecule has 0 rings (SSSR count). The zero-order chi connectivity index (χ0) is 8.36. The van der Waals surface area contributed by atoms with Gasteiger partial charge in [-0.25, -0.2) is 0 Å². The van der Waals surface area contributed by atoms with Crippen molar-refractivity contribution < 1.29 is 0 Å². The molecule has 0 atom stereocenters. The topological polar surface area (TPSA) is 48.1 Å². The van der Waals surface area contributed by atoms with Crippen molar-refractivity contribution in [3.05, 3.63) is 0 Å². The quantitative estimate of drug-likeness (QED) is 0.310. The number of nitrogens with one attached hydrogen (secondary N) is 4. The standard InChI is InChI=1S/C6H18N4Te/c1-7-3-5-9-11-10-6-4-8-2/h7-10H,3-6H2,1-2H3. The van der Waals surface area contributed by atoms with Crippen molar-refractivity contribution in [3.63, 3.8) is 0 Å². The van der Waals surface area contributed by atoms with E-state index in [0.29, 0.717) is 0 Å². The molecular weight excluding hydrogens is 256 g/mol. The van der Waals surface area contributed by atoms with E-state index in [1.54, 1.807) is 0 Å². The van der Waals surface area contributed by atoms with Gasteiger partial charge in [-0.2, -0.15) is 0 Å². The van der Waals surface area contributed by atoms with E-state index < -0.39 is 0 Å². The molecule has 68 valence electrons. The van der Waals surface area contributed by atoms with Gasteiger partial charge in [0.1, 0.15) is 0 Å². The summed E-state index contributed by atoms with van der Waals surface area (Å²) in [6.07, 6.45) is 0. The molecule has 0 aliphatic rings. The summed E-state index contributed by atoms with van der Waals surface area (Å²) in [7, 11) is 3.94. The molecule has 0 radical (unpaired) electrons. The maximum absolute atomic E-state index is 3.37. The maximum atomic E-state index is 3.37. The average molecular weight is 274 g/mol. The second-order valence-corrected chi connectivity index (χ2v) is 4.33. The van der Waals surface area contributed by atoms with Crippen LogP contribution in [-0.2, 0) is 0 Å².